The monoisotopic (exact) mass is 531 g/mol. The fourth-order valence-electron chi connectivity index (χ4n) is 3.74. The van der Waals surface area contributed by atoms with Gasteiger partial charge in [-0.2, -0.15) is 0 Å². The van der Waals surface area contributed by atoms with Gasteiger partial charge in [0.1, 0.15) is 12.0 Å². The molecule has 2 heterocycles. The van der Waals surface area contributed by atoms with Crippen LogP contribution in [0.2, 0.25) is 0 Å². The van der Waals surface area contributed by atoms with E-state index in [0.717, 1.165) is 29.8 Å². The number of hydrogen-bond acceptors (Lipinski definition) is 5. The lowest BCUT2D eigenvalue weighted by atomic mass is 10.0. The van der Waals surface area contributed by atoms with E-state index in [1.165, 1.54) is 16.7 Å². The molecule has 0 saturated heterocycles. The van der Waals surface area contributed by atoms with Gasteiger partial charge in [-0.25, -0.2) is 4.99 Å². The molecule has 3 N–H and O–H groups in total. The Bertz CT molecular complexity index is 1220. The first kappa shape index (κ1) is 30.3. The number of aliphatic imine (C=N–C) groups is 1. The molecule has 1 unspecified atom stereocenters. The van der Waals surface area contributed by atoms with E-state index in [2.05, 4.69) is 76.9 Å². The summed E-state index contributed by atoms with van der Waals surface area (Å²) in [5, 5.41) is 10.00. The van der Waals surface area contributed by atoms with Crippen molar-refractivity contribution in [3.63, 3.8) is 0 Å². The smallest absolute Gasteiger partial charge is 0.207 e. The fourth-order valence-corrected chi connectivity index (χ4v) is 3.83. The van der Waals surface area contributed by atoms with Gasteiger partial charge in [-0.15, -0.1) is 6.58 Å². The van der Waals surface area contributed by atoms with E-state index in [9.17, 15) is 4.79 Å². The predicted molar refractivity (Wildman–Crippen MR) is 162 cm³/mol. The molecular formula is C31H38ClN5O. The van der Waals surface area contributed by atoms with Crippen LogP contribution < -0.4 is 16.0 Å². The van der Waals surface area contributed by atoms with Crippen LogP contribution in [0.15, 0.2) is 95.7 Å². The third-order valence-electron chi connectivity index (χ3n) is 5.35. The molecule has 1 aliphatic rings. The van der Waals surface area contributed by atoms with Crippen molar-refractivity contribution >= 4 is 35.2 Å². The highest BCUT2D eigenvalue weighted by Crippen LogP contribution is 2.21. The third-order valence-corrected chi connectivity index (χ3v) is 5.74. The Balaban J connectivity index is 0.000000324. The van der Waals surface area contributed by atoms with Crippen LogP contribution in [0.4, 0.5) is 11.4 Å². The molecule has 0 aliphatic carbocycles. The van der Waals surface area contributed by atoms with E-state index in [0.29, 0.717) is 23.8 Å². The summed E-state index contributed by atoms with van der Waals surface area (Å²) in [7, 11) is 0. The molecule has 3 aromatic rings. The van der Waals surface area contributed by atoms with E-state index in [-0.39, 0.29) is 6.17 Å². The summed E-state index contributed by atoms with van der Waals surface area (Å²) in [5.74, 6) is 0.677. The Morgan fingerprint density at radius 3 is 2.45 bits per heavy atom. The van der Waals surface area contributed by atoms with Crippen molar-refractivity contribution in [2.24, 2.45) is 4.99 Å². The van der Waals surface area contributed by atoms with E-state index in [1.807, 2.05) is 39.0 Å². The van der Waals surface area contributed by atoms with Gasteiger partial charge in [0.15, 0.2) is 0 Å². The zero-order valence-electron chi connectivity index (χ0n) is 22.7. The molecule has 1 aromatic heterocycles. The van der Waals surface area contributed by atoms with Crippen molar-refractivity contribution in [1.82, 2.24) is 10.3 Å². The summed E-state index contributed by atoms with van der Waals surface area (Å²) in [6, 6.07) is 18.8. The average Bonchev–Trinajstić information content (AvgIpc) is 2.91. The minimum Gasteiger partial charge on any atom is -0.364 e. The molecule has 1 atom stereocenters. The van der Waals surface area contributed by atoms with Gasteiger partial charge in [0.05, 0.1) is 5.03 Å². The number of aromatic nitrogens is 1. The Kier molecular flexibility index (Phi) is 13.4. The molecular weight excluding hydrogens is 494 g/mol. The largest absolute Gasteiger partial charge is 0.364 e. The number of aryl methyl sites for hydroxylation is 3. The molecule has 0 spiro atoms. The number of nitrogens with zero attached hydrogens (tertiary/aromatic N) is 2. The highest BCUT2D eigenvalue weighted by molar-refractivity contribution is 6.44. The number of nitrogens with one attached hydrogen (secondary N) is 3. The van der Waals surface area contributed by atoms with E-state index in [4.69, 9.17) is 16.6 Å². The van der Waals surface area contributed by atoms with Crippen molar-refractivity contribution in [1.29, 1.82) is 0 Å². The average molecular weight is 532 g/mol. The zero-order chi connectivity index (χ0) is 27.8. The van der Waals surface area contributed by atoms with E-state index >= 15 is 0 Å². The SMILES string of the molecule is C/C=C(Cl)\C1=N/C(C)Nc2cccc(c2)CCc2cc(C)cc(c2)N1.C=CC.O=CNCc1ccncc1. The summed E-state index contributed by atoms with van der Waals surface area (Å²) < 4.78 is 0. The molecule has 200 valence electrons. The van der Waals surface area contributed by atoms with Crippen molar-refractivity contribution in [3.8, 4) is 0 Å². The van der Waals surface area contributed by atoms with Gasteiger partial charge in [-0.3, -0.25) is 9.78 Å². The Hall–Kier alpha value is -3.90. The van der Waals surface area contributed by atoms with Crippen LogP contribution in [-0.2, 0) is 24.2 Å². The fraction of sp³-hybridized carbons (Fsp3) is 0.258. The van der Waals surface area contributed by atoms with Crippen LogP contribution >= 0.6 is 11.6 Å². The highest BCUT2D eigenvalue weighted by Gasteiger charge is 2.10. The second-order valence-electron chi connectivity index (χ2n) is 8.73. The van der Waals surface area contributed by atoms with Crippen LogP contribution in [0.5, 0.6) is 0 Å². The minimum atomic E-state index is -0.100. The molecule has 1 aliphatic heterocycles. The molecule has 1 amide bonds. The quantitative estimate of drug-likeness (QED) is 0.249. The number of carbonyl (C=O) groups is 1. The number of amides is 1. The Morgan fingerprint density at radius 1 is 1.08 bits per heavy atom. The molecule has 6 nitrogen and oxygen atoms in total. The lowest BCUT2D eigenvalue weighted by Gasteiger charge is -2.16. The van der Waals surface area contributed by atoms with Gasteiger partial charge < -0.3 is 16.0 Å². The molecule has 2 aromatic carbocycles. The van der Waals surface area contributed by atoms with E-state index < -0.39 is 0 Å². The topological polar surface area (TPSA) is 78.4 Å². The van der Waals surface area contributed by atoms with Crippen molar-refractivity contribution in [3.05, 3.63) is 113 Å². The van der Waals surface area contributed by atoms with Gasteiger partial charge in [-0.1, -0.05) is 42.0 Å². The molecule has 0 fully saturated rings. The Morgan fingerprint density at radius 2 is 1.76 bits per heavy atom. The number of allylic oxidation sites excluding steroid dienone is 2. The first-order valence-corrected chi connectivity index (χ1v) is 13.0. The number of amidine groups is 1. The van der Waals surface area contributed by atoms with Crippen molar-refractivity contribution in [2.45, 2.75) is 53.2 Å². The summed E-state index contributed by atoms with van der Waals surface area (Å²) in [6.07, 6.45) is 9.59. The van der Waals surface area contributed by atoms with Crippen molar-refractivity contribution < 1.29 is 4.79 Å². The van der Waals surface area contributed by atoms with E-state index in [1.54, 1.807) is 18.5 Å². The number of anilines is 2. The molecule has 38 heavy (non-hydrogen) atoms. The van der Waals surface area contributed by atoms with Crippen LogP contribution in [0.25, 0.3) is 0 Å². The van der Waals surface area contributed by atoms with Gasteiger partial charge >= 0.3 is 0 Å². The second kappa shape index (κ2) is 16.8. The molecule has 4 bridgehead atoms. The maximum atomic E-state index is 9.85. The molecule has 4 rings (SSSR count). The first-order chi connectivity index (χ1) is 18.4. The zero-order valence-corrected chi connectivity index (χ0v) is 23.4. The normalized spacial score (nSPS) is 15.9. The molecule has 0 saturated carbocycles. The van der Waals surface area contributed by atoms with Gasteiger partial charge in [0.25, 0.3) is 0 Å². The number of pyridine rings is 1. The maximum absolute atomic E-state index is 9.85. The van der Waals surface area contributed by atoms with Gasteiger partial charge in [0.2, 0.25) is 6.41 Å². The van der Waals surface area contributed by atoms with Gasteiger partial charge in [0, 0.05) is 30.3 Å². The molecule has 7 heteroatoms. The number of hydrogen-bond donors (Lipinski definition) is 3. The van der Waals surface area contributed by atoms with Crippen LogP contribution in [-0.4, -0.2) is 23.4 Å². The second-order valence-corrected chi connectivity index (χ2v) is 9.14. The summed E-state index contributed by atoms with van der Waals surface area (Å²) >= 11 is 6.39. The van der Waals surface area contributed by atoms with Crippen LogP contribution in [0.3, 0.4) is 0 Å². The predicted octanol–water partition coefficient (Wildman–Crippen LogP) is 7.02. The van der Waals surface area contributed by atoms with Crippen LogP contribution in [0, 0.1) is 6.92 Å². The standard InChI is InChI=1S/C21H24ClN3.C7H8N2O.C3H6/c1-4-20(22)21-24-15(3)23-18-7-5-6-16(12-18)8-9-17-10-14(2)11-19(13-17)25-21;10-6-9-5-7-1-3-8-4-2-7;1-3-2/h4-7,10-13,15,23H,8-9H2,1-3H3,(H,24,25);1-4,6H,5H2,(H,9,10);3H,1H2,2H3/b20-4+;;. The summed E-state index contributed by atoms with van der Waals surface area (Å²) in [6.45, 7) is 11.9. The minimum absolute atomic E-state index is 0.100. The number of carbonyl (C=O) groups excluding carboxylic acids is 1. The highest BCUT2D eigenvalue weighted by atomic mass is 35.5. The summed E-state index contributed by atoms with van der Waals surface area (Å²) in [5.41, 5.74) is 7.01. The summed E-state index contributed by atoms with van der Waals surface area (Å²) in [4.78, 5) is 18.4. The maximum Gasteiger partial charge on any atom is 0.207 e. The first-order valence-electron chi connectivity index (χ1n) is 12.6. The number of benzene rings is 2. The number of fused-ring (bicyclic) bond motifs is 4. The van der Waals surface area contributed by atoms with Crippen molar-refractivity contribution in [2.75, 3.05) is 10.6 Å². The number of rotatable bonds is 4. The Labute approximate surface area is 232 Å². The molecule has 0 radical (unpaired) electrons. The lowest BCUT2D eigenvalue weighted by Crippen LogP contribution is -2.20. The van der Waals surface area contributed by atoms with Crippen LogP contribution in [0.1, 0.15) is 43.0 Å². The number of halogens is 1. The van der Waals surface area contributed by atoms with Gasteiger partial charge in [-0.05, 0) is 99.2 Å². The lowest BCUT2D eigenvalue weighted by molar-refractivity contribution is -0.109. The third kappa shape index (κ3) is 11.0.